The number of nitrogens with one attached hydrogen (secondary N) is 7. The second kappa shape index (κ2) is 29.1. The number of benzene rings is 4. The van der Waals surface area contributed by atoms with Crippen LogP contribution in [0.2, 0.25) is 0 Å². The van der Waals surface area contributed by atoms with Crippen LogP contribution in [0.15, 0.2) is 102 Å². The first-order valence-corrected chi connectivity index (χ1v) is 40.8. The van der Waals surface area contributed by atoms with Gasteiger partial charge in [0.15, 0.2) is 0 Å². The first kappa shape index (κ1) is 70.2. The molecule has 7 N–H and O–H groups in total. The van der Waals surface area contributed by atoms with Crippen molar-refractivity contribution in [1.29, 1.82) is 0 Å². The zero-order valence-corrected chi connectivity index (χ0v) is 63.6. The molecule has 5 aliphatic heterocycles. The van der Waals surface area contributed by atoms with E-state index < -0.39 is 24.3 Å². The predicted octanol–water partition coefficient (Wildman–Crippen LogP) is 17.0. The Bertz CT molecular complexity index is 4850. The van der Waals surface area contributed by atoms with Crippen LogP contribution < -0.4 is 21.3 Å². The summed E-state index contributed by atoms with van der Waals surface area (Å²) < 4.78 is 9.65. The van der Waals surface area contributed by atoms with Crippen LogP contribution in [0.4, 0.5) is 15.3 Å². The Morgan fingerprint density at radius 3 is 1.54 bits per heavy atom. The zero-order valence-electron chi connectivity index (χ0n) is 62.0. The van der Waals surface area contributed by atoms with Crippen molar-refractivity contribution in [1.82, 2.24) is 61.0 Å². The quantitative estimate of drug-likeness (QED) is 0.0480. The van der Waals surface area contributed by atoms with Gasteiger partial charge in [0.25, 0.3) is 0 Å². The number of carbonyl (C=O) groups is 4. The maximum Gasteiger partial charge on any atom is 0.407 e. The van der Waals surface area contributed by atoms with Crippen LogP contribution in [0.25, 0.3) is 75.3 Å². The smallest absolute Gasteiger partial charge is 0.407 e. The van der Waals surface area contributed by atoms with E-state index in [1.807, 2.05) is 61.2 Å². The van der Waals surface area contributed by atoms with Crippen molar-refractivity contribution >= 4 is 69.1 Å². The molecule has 10 heterocycles. The molecule has 0 unspecified atom stereocenters. The summed E-state index contributed by atoms with van der Waals surface area (Å²) in [5.41, 5.74) is 22.3. The summed E-state index contributed by atoms with van der Waals surface area (Å²) in [6, 6.07) is 31.1. The number of nitrogens with zero attached hydrogens (tertiary/aromatic N) is 6. The second-order valence-corrected chi connectivity index (χ2v) is 34.6. The van der Waals surface area contributed by atoms with Gasteiger partial charge in [0.05, 0.1) is 88.6 Å². The van der Waals surface area contributed by atoms with Crippen molar-refractivity contribution in [3.8, 4) is 64.3 Å². The van der Waals surface area contributed by atoms with Gasteiger partial charge in [-0.2, -0.15) is 0 Å². The summed E-state index contributed by atoms with van der Waals surface area (Å²) in [6.45, 7) is 11.1. The van der Waals surface area contributed by atoms with E-state index >= 15 is 0 Å². The molecule has 4 aliphatic carbocycles. The van der Waals surface area contributed by atoms with Gasteiger partial charge >= 0.3 is 12.2 Å². The monoisotopic (exact) mass is 1460 g/mol. The fourth-order valence-corrected chi connectivity index (χ4v) is 21.6. The van der Waals surface area contributed by atoms with Gasteiger partial charge in [-0.1, -0.05) is 89.8 Å². The molecule has 5 aromatic heterocycles. The van der Waals surface area contributed by atoms with Crippen LogP contribution in [0.3, 0.4) is 0 Å². The van der Waals surface area contributed by atoms with Crippen LogP contribution >= 0.6 is 22.7 Å². The standard InChI is InChI=1S/C50H61N7O6S.C35H38N6S/c1-28(2)43(54-48(60)62-5)46(58)56-21-9-11-39(56)37-24-31-23-30(13-16-36(31)52-37)32-14-15-33(35-26-50(25-34(32)35)19-7-8-20-50)41-17-18-42(64-41)38-27-51-45(53-38)40-12-10-22-57(40)47(59)44(29(3)4)55-49(61)63-6;1-2-14-35(13-1)18-24-22(21-7-10-26-29(17-21)40-34(39-26)28-6-4-16-37-28)8-9-23(25(24)19-35)31-11-12-32(42-31)30-20-38-33(41-30)27-5-3-15-36-27/h13-18,23,27-29,39-40,43-44H,7-12,19-22,24-26H2,1-6H3,(H,51,53)(H,54,60)(H,55,61);7-12,17,20,27-28,36-37H,1-6,13-16,18-19H2,(H,38,41)(H,39,40)/t39-,40-,43-,44-;27-,28-/m00/s1. The van der Waals surface area contributed by atoms with Gasteiger partial charge in [-0.25, -0.2) is 24.5 Å². The minimum atomic E-state index is -0.683. The zero-order chi connectivity index (χ0) is 72.5. The van der Waals surface area contributed by atoms with E-state index in [2.05, 4.69) is 121 Å². The third-order valence-corrected chi connectivity index (χ3v) is 27.3. The number of aromatic amines is 3. The van der Waals surface area contributed by atoms with Gasteiger partial charge in [0.2, 0.25) is 11.8 Å². The molecule has 19 nitrogen and oxygen atoms in total. The number of hydrogen-bond acceptors (Lipinski definition) is 14. The van der Waals surface area contributed by atoms with Crippen LogP contribution in [0.5, 0.6) is 0 Å². The number of likely N-dealkylation sites (tertiary alicyclic amines) is 2. The summed E-state index contributed by atoms with van der Waals surface area (Å²) in [5, 5.41) is 12.7. The largest absolute Gasteiger partial charge is 0.453 e. The Hall–Kier alpha value is -8.76. The lowest BCUT2D eigenvalue weighted by molar-refractivity contribution is -0.135. The van der Waals surface area contributed by atoms with Gasteiger partial charge in [-0.15, -0.1) is 22.7 Å². The number of aromatic nitrogens is 6. The highest BCUT2D eigenvalue weighted by Crippen LogP contribution is 2.56. The molecular weight excluding hydrogens is 1360 g/mol. The fourth-order valence-electron chi connectivity index (χ4n) is 19.5. The number of fused-ring (bicyclic) bond motifs is 4. The Morgan fingerprint density at radius 2 is 1.00 bits per heavy atom. The van der Waals surface area contributed by atoms with Crippen molar-refractivity contribution in [2.24, 2.45) is 27.7 Å². The lowest BCUT2D eigenvalue weighted by atomic mass is 9.82. The van der Waals surface area contributed by atoms with E-state index in [4.69, 9.17) is 29.4 Å². The molecule has 552 valence electrons. The van der Waals surface area contributed by atoms with Gasteiger partial charge < -0.3 is 55.5 Å². The number of H-pyrrole nitrogens is 3. The number of aliphatic imine (C=N–C) groups is 1. The molecule has 21 heteroatoms. The predicted molar refractivity (Wildman–Crippen MR) is 419 cm³/mol. The van der Waals surface area contributed by atoms with E-state index in [-0.39, 0.29) is 35.7 Å². The maximum absolute atomic E-state index is 13.9. The van der Waals surface area contributed by atoms with Crippen LogP contribution in [-0.2, 0) is 51.2 Å². The Kier molecular flexibility index (Phi) is 19.3. The maximum atomic E-state index is 13.9. The number of amides is 4. The van der Waals surface area contributed by atoms with Gasteiger partial charge in [-0.3, -0.25) is 14.6 Å². The van der Waals surface area contributed by atoms with Crippen molar-refractivity contribution in [2.45, 2.75) is 199 Å². The number of ether oxygens (including phenoxy) is 2. The molecular formula is C85H99N13O6S2. The molecule has 9 aromatic rings. The van der Waals surface area contributed by atoms with E-state index in [0.717, 1.165) is 121 Å². The van der Waals surface area contributed by atoms with Crippen molar-refractivity contribution in [2.75, 3.05) is 40.4 Å². The third-order valence-electron chi connectivity index (χ3n) is 25.0. The molecule has 2 saturated carbocycles. The highest BCUT2D eigenvalue weighted by atomic mass is 32.1. The van der Waals surface area contributed by atoms with Crippen molar-refractivity contribution < 1.29 is 28.7 Å². The highest BCUT2D eigenvalue weighted by molar-refractivity contribution is 7.19. The Morgan fingerprint density at radius 1 is 0.519 bits per heavy atom. The summed E-state index contributed by atoms with van der Waals surface area (Å²) in [6.07, 6.45) is 26.7. The lowest BCUT2D eigenvalue weighted by Crippen LogP contribution is -2.53. The molecule has 2 spiro atoms. The molecule has 106 heavy (non-hydrogen) atoms. The minimum absolute atomic E-state index is 0.0812. The molecule has 6 atom stereocenters. The highest BCUT2D eigenvalue weighted by Gasteiger charge is 2.45. The molecule has 9 aliphatic rings. The van der Waals surface area contributed by atoms with Crippen LogP contribution in [0.1, 0.15) is 194 Å². The Labute approximate surface area is 628 Å². The van der Waals surface area contributed by atoms with Gasteiger partial charge in [0.1, 0.15) is 29.6 Å². The fraction of sp³-hybridized carbons (Fsp3) is 0.482. The van der Waals surface area contributed by atoms with Crippen molar-refractivity contribution in [3.63, 3.8) is 0 Å². The van der Waals surface area contributed by atoms with E-state index in [0.29, 0.717) is 42.4 Å². The summed E-state index contributed by atoms with van der Waals surface area (Å²) in [5.74, 6) is 2.54. The number of hydrogen-bond donors (Lipinski definition) is 7. The van der Waals surface area contributed by atoms with E-state index in [9.17, 15) is 19.2 Å². The number of methoxy groups -OCH3 is 2. The number of alkyl carbamates (subject to hydrolysis) is 2. The van der Waals surface area contributed by atoms with Crippen molar-refractivity contribution in [3.05, 3.63) is 143 Å². The molecule has 0 bridgehead atoms. The number of rotatable bonds is 16. The normalized spacial score (nSPS) is 21.6. The molecule has 4 saturated heterocycles. The van der Waals surface area contributed by atoms with Crippen LogP contribution in [0, 0.1) is 22.7 Å². The molecule has 0 radical (unpaired) electrons. The third kappa shape index (κ3) is 13.4. The molecule has 18 rings (SSSR count). The van der Waals surface area contributed by atoms with E-state index in [1.165, 1.54) is 156 Å². The van der Waals surface area contributed by atoms with Gasteiger partial charge in [0, 0.05) is 35.0 Å². The molecule has 4 aromatic carbocycles. The Balaban J connectivity index is 0.000000169. The SMILES string of the molecule is COC(=O)N[C@H](C(=O)N1CCC[C@H]1C1=Nc2ccc(-c3ccc(-c4ccc(-c5cnc([C@@H]6CCCN6C(=O)[C@@H](NC(=O)OC)C(C)C)[nH]5)s4)c4c3CC3(CCCC3)C4)cc2C1)C(C)C.c1cc2nc([C@@H]3CCCN3)[nH]c2cc1-c1ccc(-c2ccc(-c3cnc([C@@H]4CCCN4)[nH]3)s2)c2c1CC1(CCCC1)C2. The summed E-state index contributed by atoms with van der Waals surface area (Å²) in [4.78, 5) is 91.0. The average molecular weight is 1460 g/mol. The summed E-state index contributed by atoms with van der Waals surface area (Å²) in [7, 11) is 2.63. The van der Waals surface area contributed by atoms with Gasteiger partial charge in [-0.05, 0) is 248 Å². The topological polar surface area (TPSA) is 240 Å². The number of thiophene rings is 2. The lowest BCUT2D eigenvalue weighted by Gasteiger charge is -2.30. The molecule has 6 fully saturated rings. The molecule has 4 amide bonds. The average Bonchev–Trinajstić information content (AvgIpc) is 1.60. The minimum Gasteiger partial charge on any atom is -0.453 e. The number of imidazole rings is 3. The first-order chi connectivity index (χ1) is 51.6. The first-order valence-electron chi connectivity index (χ1n) is 39.2. The van der Waals surface area contributed by atoms with E-state index in [1.54, 1.807) is 22.5 Å². The number of carbonyl (C=O) groups excluding carboxylic acids is 4. The van der Waals surface area contributed by atoms with Crippen LogP contribution in [-0.4, -0.2) is 128 Å². The second-order valence-electron chi connectivity index (χ2n) is 32.4. The summed E-state index contributed by atoms with van der Waals surface area (Å²) >= 11 is 3.67.